The first-order valence-corrected chi connectivity index (χ1v) is 8.95. The SMILES string of the molecule is CCCN(Cc1ccc(C#N)cc1)C(=O)c1cn(-c2ccccc2Cl)nn1. The zero-order valence-corrected chi connectivity index (χ0v) is 15.6. The molecule has 6 nitrogen and oxygen atoms in total. The van der Waals surface area contributed by atoms with Gasteiger partial charge in [0.1, 0.15) is 0 Å². The summed E-state index contributed by atoms with van der Waals surface area (Å²) in [6.07, 6.45) is 2.41. The Morgan fingerprint density at radius 3 is 2.63 bits per heavy atom. The van der Waals surface area contributed by atoms with E-state index in [1.807, 2.05) is 37.3 Å². The highest BCUT2D eigenvalue weighted by Crippen LogP contribution is 2.19. The molecule has 0 aliphatic heterocycles. The van der Waals surface area contributed by atoms with E-state index in [0.717, 1.165) is 12.0 Å². The van der Waals surface area contributed by atoms with Gasteiger partial charge in [-0.05, 0) is 36.2 Å². The summed E-state index contributed by atoms with van der Waals surface area (Å²) in [6, 6.07) is 16.5. The van der Waals surface area contributed by atoms with Gasteiger partial charge in [-0.2, -0.15) is 5.26 Å². The first-order valence-electron chi connectivity index (χ1n) is 8.58. The Morgan fingerprint density at radius 2 is 1.96 bits per heavy atom. The number of aromatic nitrogens is 3. The molecule has 7 heteroatoms. The third-order valence-electron chi connectivity index (χ3n) is 4.05. The van der Waals surface area contributed by atoms with Crippen LogP contribution in [-0.4, -0.2) is 32.3 Å². The molecule has 0 aliphatic carbocycles. The molecule has 0 atom stereocenters. The van der Waals surface area contributed by atoms with E-state index in [1.165, 1.54) is 4.68 Å². The molecule has 0 N–H and O–H groups in total. The van der Waals surface area contributed by atoms with Crippen molar-refractivity contribution < 1.29 is 4.79 Å². The van der Waals surface area contributed by atoms with Gasteiger partial charge in [0.25, 0.3) is 5.91 Å². The maximum absolute atomic E-state index is 12.9. The van der Waals surface area contributed by atoms with Gasteiger partial charge in [0.05, 0.1) is 28.5 Å². The number of nitriles is 1. The van der Waals surface area contributed by atoms with Crippen LogP contribution in [0.5, 0.6) is 0 Å². The average molecular weight is 380 g/mol. The van der Waals surface area contributed by atoms with Crippen molar-refractivity contribution in [3.8, 4) is 11.8 Å². The lowest BCUT2D eigenvalue weighted by molar-refractivity contribution is 0.0737. The van der Waals surface area contributed by atoms with E-state index >= 15 is 0 Å². The molecule has 1 aromatic heterocycles. The molecule has 3 aromatic rings. The molecule has 136 valence electrons. The van der Waals surface area contributed by atoms with Crippen molar-refractivity contribution in [1.82, 2.24) is 19.9 Å². The van der Waals surface area contributed by atoms with E-state index in [0.29, 0.717) is 29.4 Å². The summed E-state index contributed by atoms with van der Waals surface area (Å²) in [5, 5.41) is 17.5. The van der Waals surface area contributed by atoms with E-state index in [9.17, 15) is 4.79 Å². The van der Waals surface area contributed by atoms with Gasteiger partial charge in [0.2, 0.25) is 0 Å². The highest BCUT2D eigenvalue weighted by Gasteiger charge is 2.19. The lowest BCUT2D eigenvalue weighted by Gasteiger charge is -2.21. The maximum atomic E-state index is 12.9. The summed E-state index contributed by atoms with van der Waals surface area (Å²) in [6.45, 7) is 3.05. The number of hydrogen-bond acceptors (Lipinski definition) is 4. The number of nitrogens with zero attached hydrogens (tertiary/aromatic N) is 5. The van der Waals surface area contributed by atoms with Gasteiger partial charge in [0, 0.05) is 13.1 Å². The molecule has 0 unspecified atom stereocenters. The van der Waals surface area contributed by atoms with Crippen molar-refractivity contribution in [3.05, 3.63) is 76.6 Å². The Hall–Kier alpha value is -3.17. The Balaban J connectivity index is 1.80. The lowest BCUT2D eigenvalue weighted by atomic mass is 10.1. The van der Waals surface area contributed by atoms with E-state index < -0.39 is 0 Å². The first kappa shape index (κ1) is 18.6. The molecule has 0 saturated carbocycles. The largest absolute Gasteiger partial charge is 0.333 e. The number of carbonyl (C=O) groups excluding carboxylic acids is 1. The lowest BCUT2D eigenvalue weighted by Crippen LogP contribution is -2.31. The van der Waals surface area contributed by atoms with Crippen LogP contribution in [0.1, 0.15) is 35.0 Å². The number of amides is 1. The van der Waals surface area contributed by atoms with Crippen molar-refractivity contribution in [3.63, 3.8) is 0 Å². The summed E-state index contributed by atoms with van der Waals surface area (Å²) < 4.78 is 1.50. The Morgan fingerprint density at radius 1 is 1.22 bits per heavy atom. The minimum atomic E-state index is -0.195. The van der Waals surface area contributed by atoms with E-state index in [-0.39, 0.29) is 11.6 Å². The molecule has 0 fully saturated rings. The van der Waals surface area contributed by atoms with Crippen LogP contribution < -0.4 is 0 Å². The second-order valence-electron chi connectivity index (χ2n) is 6.04. The van der Waals surface area contributed by atoms with Crippen LogP contribution in [0.3, 0.4) is 0 Å². The van der Waals surface area contributed by atoms with Gasteiger partial charge in [-0.1, -0.05) is 48.0 Å². The number of hydrogen-bond donors (Lipinski definition) is 0. The van der Waals surface area contributed by atoms with E-state index in [4.69, 9.17) is 16.9 Å². The second kappa shape index (κ2) is 8.47. The predicted molar refractivity (Wildman–Crippen MR) is 103 cm³/mol. The molecular formula is C20H18ClN5O. The van der Waals surface area contributed by atoms with Gasteiger partial charge in [-0.3, -0.25) is 4.79 Å². The number of carbonyl (C=O) groups is 1. The summed E-state index contributed by atoms with van der Waals surface area (Å²) in [5.74, 6) is -0.195. The Kier molecular flexibility index (Phi) is 5.84. The van der Waals surface area contributed by atoms with Crippen LogP contribution in [0.4, 0.5) is 0 Å². The zero-order chi connectivity index (χ0) is 19.2. The smallest absolute Gasteiger partial charge is 0.276 e. The van der Waals surface area contributed by atoms with Crippen LogP contribution in [0, 0.1) is 11.3 Å². The van der Waals surface area contributed by atoms with Crippen LogP contribution in [-0.2, 0) is 6.54 Å². The summed E-state index contributed by atoms with van der Waals surface area (Å²) in [5.41, 5.74) is 2.47. The molecule has 27 heavy (non-hydrogen) atoms. The van der Waals surface area contributed by atoms with E-state index in [1.54, 1.807) is 29.3 Å². The normalized spacial score (nSPS) is 10.4. The summed E-state index contributed by atoms with van der Waals surface area (Å²) >= 11 is 6.19. The van der Waals surface area contributed by atoms with Gasteiger partial charge in [0.15, 0.2) is 5.69 Å². The highest BCUT2D eigenvalue weighted by atomic mass is 35.5. The van der Waals surface area contributed by atoms with Crippen molar-refractivity contribution in [2.24, 2.45) is 0 Å². The van der Waals surface area contributed by atoms with Crippen LogP contribution >= 0.6 is 11.6 Å². The van der Waals surface area contributed by atoms with Crippen LogP contribution in [0.2, 0.25) is 5.02 Å². The molecule has 0 bridgehead atoms. The number of rotatable bonds is 6. The molecule has 0 saturated heterocycles. The topological polar surface area (TPSA) is 74.8 Å². The van der Waals surface area contributed by atoms with Crippen LogP contribution in [0.25, 0.3) is 5.69 Å². The number of benzene rings is 2. The zero-order valence-electron chi connectivity index (χ0n) is 14.8. The fourth-order valence-corrected chi connectivity index (χ4v) is 2.93. The monoisotopic (exact) mass is 379 g/mol. The minimum Gasteiger partial charge on any atom is -0.333 e. The summed E-state index contributed by atoms with van der Waals surface area (Å²) in [4.78, 5) is 14.6. The van der Waals surface area contributed by atoms with E-state index in [2.05, 4.69) is 16.4 Å². The highest BCUT2D eigenvalue weighted by molar-refractivity contribution is 6.32. The molecule has 0 aliphatic rings. The molecule has 0 radical (unpaired) electrons. The standard InChI is InChI=1S/C20H18ClN5O/c1-2-11-25(13-16-9-7-15(12-22)8-10-16)20(27)18-14-26(24-23-18)19-6-4-3-5-17(19)21/h3-10,14H,2,11,13H2,1H3. The maximum Gasteiger partial charge on any atom is 0.276 e. The fourth-order valence-electron chi connectivity index (χ4n) is 2.71. The van der Waals surface area contributed by atoms with Crippen molar-refractivity contribution in [2.45, 2.75) is 19.9 Å². The summed E-state index contributed by atoms with van der Waals surface area (Å²) in [7, 11) is 0. The molecule has 2 aromatic carbocycles. The molecule has 3 rings (SSSR count). The van der Waals surface area contributed by atoms with Crippen molar-refractivity contribution in [1.29, 1.82) is 5.26 Å². The molecule has 1 heterocycles. The predicted octanol–water partition coefficient (Wildman–Crippen LogP) is 3.84. The van der Waals surface area contributed by atoms with Gasteiger partial charge >= 0.3 is 0 Å². The van der Waals surface area contributed by atoms with Gasteiger partial charge in [-0.15, -0.1) is 5.10 Å². The van der Waals surface area contributed by atoms with Crippen molar-refractivity contribution >= 4 is 17.5 Å². The molecule has 1 amide bonds. The second-order valence-corrected chi connectivity index (χ2v) is 6.44. The minimum absolute atomic E-state index is 0.195. The number of para-hydroxylation sites is 1. The van der Waals surface area contributed by atoms with Gasteiger partial charge < -0.3 is 4.90 Å². The Bertz CT molecular complexity index is 975. The third kappa shape index (κ3) is 4.33. The average Bonchev–Trinajstić information content (AvgIpc) is 3.18. The van der Waals surface area contributed by atoms with Crippen molar-refractivity contribution in [2.75, 3.05) is 6.54 Å². The first-order chi connectivity index (χ1) is 13.1. The third-order valence-corrected chi connectivity index (χ3v) is 4.37. The molecule has 0 spiro atoms. The Labute approximate surface area is 162 Å². The molecular weight excluding hydrogens is 362 g/mol. The quantitative estimate of drug-likeness (QED) is 0.652. The fraction of sp³-hybridized carbons (Fsp3) is 0.200. The number of halogens is 1. The van der Waals surface area contributed by atoms with Crippen LogP contribution in [0.15, 0.2) is 54.7 Å². The van der Waals surface area contributed by atoms with Gasteiger partial charge in [-0.25, -0.2) is 4.68 Å².